The van der Waals surface area contributed by atoms with Crippen LogP contribution in [0.15, 0.2) is 24.3 Å². The lowest BCUT2D eigenvalue weighted by molar-refractivity contribution is 0.0265. The second kappa shape index (κ2) is 4.55. The van der Waals surface area contributed by atoms with Crippen LogP contribution in [0.25, 0.3) is 0 Å². The molecule has 0 bridgehead atoms. The molecule has 14 heavy (non-hydrogen) atoms. The first kappa shape index (κ1) is 9.65. The van der Waals surface area contributed by atoms with Crippen LogP contribution in [0.2, 0.25) is 0 Å². The minimum atomic E-state index is 0.0794. The fourth-order valence-corrected chi connectivity index (χ4v) is 1.76. The van der Waals surface area contributed by atoms with Crippen molar-refractivity contribution in [2.24, 2.45) is 0 Å². The van der Waals surface area contributed by atoms with Crippen molar-refractivity contribution in [3.63, 3.8) is 0 Å². The van der Waals surface area contributed by atoms with Crippen molar-refractivity contribution in [2.45, 2.75) is 12.7 Å². The van der Waals surface area contributed by atoms with Crippen molar-refractivity contribution >= 4 is 0 Å². The molecule has 1 aromatic rings. The van der Waals surface area contributed by atoms with E-state index in [-0.39, 0.29) is 12.7 Å². The highest BCUT2D eigenvalue weighted by Crippen LogP contribution is 2.22. The van der Waals surface area contributed by atoms with E-state index in [0.29, 0.717) is 0 Å². The number of ether oxygens (including phenoxy) is 1. The van der Waals surface area contributed by atoms with Crippen LogP contribution in [-0.2, 0) is 11.3 Å². The third-order valence-corrected chi connectivity index (χ3v) is 2.50. The summed E-state index contributed by atoms with van der Waals surface area (Å²) >= 11 is 0. The number of morpholine rings is 1. The van der Waals surface area contributed by atoms with Gasteiger partial charge in [0.1, 0.15) is 0 Å². The van der Waals surface area contributed by atoms with Crippen LogP contribution in [0.1, 0.15) is 17.2 Å². The van der Waals surface area contributed by atoms with Crippen LogP contribution < -0.4 is 5.32 Å². The summed E-state index contributed by atoms with van der Waals surface area (Å²) in [7, 11) is 0. The van der Waals surface area contributed by atoms with Crippen molar-refractivity contribution < 1.29 is 9.84 Å². The van der Waals surface area contributed by atoms with Crippen LogP contribution in [0.4, 0.5) is 0 Å². The summed E-state index contributed by atoms with van der Waals surface area (Å²) < 4.78 is 5.63. The molecule has 3 heteroatoms. The quantitative estimate of drug-likeness (QED) is 0.731. The number of rotatable bonds is 2. The van der Waals surface area contributed by atoms with Gasteiger partial charge in [0.25, 0.3) is 0 Å². The maximum atomic E-state index is 9.17. The van der Waals surface area contributed by atoms with Gasteiger partial charge in [0.05, 0.1) is 19.3 Å². The fourth-order valence-electron chi connectivity index (χ4n) is 1.76. The van der Waals surface area contributed by atoms with Gasteiger partial charge in [0, 0.05) is 13.1 Å². The first-order chi connectivity index (χ1) is 6.92. The number of hydrogen-bond donors (Lipinski definition) is 2. The predicted octanol–water partition coefficient (Wildman–Crippen LogP) is 0.840. The van der Waals surface area contributed by atoms with E-state index < -0.39 is 0 Å². The van der Waals surface area contributed by atoms with E-state index in [0.717, 1.165) is 30.8 Å². The van der Waals surface area contributed by atoms with Crippen LogP contribution in [0.5, 0.6) is 0 Å². The Bertz CT molecular complexity index is 295. The average molecular weight is 193 g/mol. The summed E-state index contributed by atoms with van der Waals surface area (Å²) in [5, 5.41) is 12.5. The molecule has 1 aliphatic heterocycles. The number of benzene rings is 1. The highest BCUT2D eigenvalue weighted by atomic mass is 16.5. The minimum Gasteiger partial charge on any atom is -0.392 e. The summed E-state index contributed by atoms with van der Waals surface area (Å²) in [6.07, 6.45) is 0.0899. The number of hydrogen-bond acceptors (Lipinski definition) is 3. The highest BCUT2D eigenvalue weighted by Gasteiger charge is 2.17. The van der Waals surface area contributed by atoms with Crippen molar-refractivity contribution in [1.29, 1.82) is 0 Å². The lowest BCUT2D eigenvalue weighted by Gasteiger charge is -2.25. The zero-order chi connectivity index (χ0) is 9.80. The molecule has 0 aromatic heterocycles. The normalized spacial score (nSPS) is 22.2. The Morgan fingerprint density at radius 3 is 3.00 bits per heavy atom. The van der Waals surface area contributed by atoms with E-state index in [1.54, 1.807) is 0 Å². The Morgan fingerprint density at radius 1 is 1.43 bits per heavy atom. The molecule has 0 spiro atoms. The topological polar surface area (TPSA) is 41.5 Å². The molecule has 2 rings (SSSR count). The summed E-state index contributed by atoms with van der Waals surface area (Å²) in [6.45, 7) is 2.56. The highest BCUT2D eigenvalue weighted by molar-refractivity contribution is 5.29. The fraction of sp³-hybridized carbons (Fsp3) is 0.455. The van der Waals surface area contributed by atoms with Crippen molar-refractivity contribution in [2.75, 3.05) is 19.7 Å². The summed E-state index contributed by atoms with van der Waals surface area (Å²) in [5.74, 6) is 0. The molecule has 2 N–H and O–H groups in total. The summed E-state index contributed by atoms with van der Waals surface area (Å²) in [5.41, 5.74) is 2.06. The van der Waals surface area contributed by atoms with Crippen LogP contribution in [0, 0.1) is 0 Å². The molecule has 3 nitrogen and oxygen atoms in total. The van der Waals surface area contributed by atoms with Gasteiger partial charge in [-0.1, -0.05) is 24.3 Å². The maximum Gasteiger partial charge on any atom is 0.0953 e. The Balaban J connectivity index is 2.20. The Labute approximate surface area is 83.7 Å². The van der Waals surface area contributed by atoms with E-state index in [9.17, 15) is 5.11 Å². The molecule has 1 unspecified atom stereocenters. The third-order valence-electron chi connectivity index (χ3n) is 2.50. The third kappa shape index (κ3) is 1.95. The van der Waals surface area contributed by atoms with Gasteiger partial charge in [-0.15, -0.1) is 0 Å². The Kier molecular flexibility index (Phi) is 3.14. The van der Waals surface area contributed by atoms with E-state index in [4.69, 9.17) is 4.74 Å². The molecule has 1 fully saturated rings. The second-order valence-electron chi connectivity index (χ2n) is 3.42. The van der Waals surface area contributed by atoms with Crippen LogP contribution in [-0.4, -0.2) is 24.8 Å². The zero-order valence-electron chi connectivity index (χ0n) is 8.07. The van der Waals surface area contributed by atoms with Gasteiger partial charge in [-0.3, -0.25) is 0 Å². The lowest BCUT2D eigenvalue weighted by atomic mass is 10.0. The molecule has 1 aliphatic rings. The van der Waals surface area contributed by atoms with Crippen molar-refractivity contribution in [3.05, 3.63) is 35.4 Å². The summed E-state index contributed by atoms with van der Waals surface area (Å²) in [6, 6.07) is 7.87. The van der Waals surface area contributed by atoms with E-state index >= 15 is 0 Å². The molecule has 0 aliphatic carbocycles. The van der Waals surface area contributed by atoms with Crippen molar-refractivity contribution in [1.82, 2.24) is 5.32 Å². The monoisotopic (exact) mass is 193 g/mol. The number of aliphatic hydroxyl groups is 1. The number of aliphatic hydroxyl groups excluding tert-OH is 1. The van der Waals surface area contributed by atoms with Gasteiger partial charge in [-0.25, -0.2) is 0 Å². The molecule has 1 heterocycles. The van der Waals surface area contributed by atoms with E-state index in [1.807, 2.05) is 24.3 Å². The number of nitrogens with one attached hydrogen (secondary N) is 1. The molecular formula is C11H15NO2. The van der Waals surface area contributed by atoms with Crippen LogP contribution >= 0.6 is 0 Å². The maximum absolute atomic E-state index is 9.17. The molecule has 1 saturated heterocycles. The van der Waals surface area contributed by atoms with Gasteiger partial charge in [0.2, 0.25) is 0 Å². The summed E-state index contributed by atoms with van der Waals surface area (Å²) in [4.78, 5) is 0. The van der Waals surface area contributed by atoms with Crippen molar-refractivity contribution in [3.8, 4) is 0 Å². The van der Waals surface area contributed by atoms with E-state index in [2.05, 4.69) is 5.32 Å². The first-order valence-corrected chi connectivity index (χ1v) is 4.93. The SMILES string of the molecule is OCc1ccccc1C1CNCCO1. The lowest BCUT2D eigenvalue weighted by Crippen LogP contribution is -2.33. The molecule has 1 aromatic carbocycles. The standard InChI is InChI=1S/C11H15NO2/c13-8-9-3-1-2-4-10(9)11-7-12-5-6-14-11/h1-4,11-13H,5-8H2. The van der Waals surface area contributed by atoms with Gasteiger partial charge in [-0.05, 0) is 11.1 Å². The molecule has 0 amide bonds. The zero-order valence-corrected chi connectivity index (χ0v) is 8.07. The molecule has 1 atom stereocenters. The second-order valence-corrected chi connectivity index (χ2v) is 3.42. The van der Waals surface area contributed by atoms with Gasteiger partial charge >= 0.3 is 0 Å². The largest absolute Gasteiger partial charge is 0.392 e. The Morgan fingerprint density at radius 2 is 2.29 bits per heavy atom. The molecule has 0 saturated carbocycles. The van der Waals surface area contributed by atoms with Gasteiger partial charge < -0.3 is 15.2 Å². The smallest absolute Gasteiger partial charge is 0.0953 e. The molecule has 0 radical (unpaired) electrons. The minimum absolute atomic E-state index is 0.0794. The van der Waals surface area contributed by atoms with E-state index in [1.165, 1.54) is 0 Å². The molecular weight excluding hydrogens is 178 g/mol. The van der Waals surface area contributed by atoms with Gasteiger partial charge in [-0.2, -0.15) is 0 Å². The molecule has 76 valence electrons. The Hall–Kier alpha value is -0.900. The predicted molar refractivity (Wildman–Crippen MR) is 53.9 cm³/mol. The van der Waals surface area contributed by atoms with Gasteiger partial charge in [0.15, 0.2) is 0 Å². The first-order valence-electron chi connectivity index (χ1n) is 4.93. The average Bonchev–Trinajstić information content (AvgIpc) is 2.30. The van der Waals surface area contributed by atoms with Crippen LogP contribution in [0.3, 0.4) is 0 Å².